The highest BCUT2D eigenvalue weighted by atomic mass is 14.6. The van der Waals surface area contributed by atoms with Crippen molar-refractivity contribution < 1.29 is 0 Å². The molecule has 3 unspecified atom stereocenters. The lowest BCUT2D eigenvalue weighted by Crippen LogP contribution is -2.25. The van der Waals surface area contributed by atoms with Crippen LogP contribution in [0.4, 0.5) is 0 Å². The predicted octanol–water partition coefficient (Wildman–Crippen LogP) is 6.96. The van der Waals surface area contributed by atoms with Gasteiger partial charge < -0.3 is 0 Å². The van der Waals surface area contributed by atoms with Crippen LogP contribution in [0.1, 0.15) is 82.6 Å². The summed E-state index contributed by atoms with van der Waals surface area (Å²) in [5.74, 6) is 2.71. The second kappa shape index (κ2) is 10.6. The first-order valence-electron chi connectivity index (χ1n) is 7.72. The first-order chi connectivity index (χ1) is 8.03. The van der Waals surface area contributed by atoms with Gasteiger partial charge in [0.2, 0.25) is 0 Å². The van der Waals surface area contributed by atoms with E-state index in [-0.39, 0.29) is 7.43 Å². The molecule has 0 aromatic heterocycles. The SMILES string of the molecule is C.C=C1C2CC(CC2C)C1(C)C.CC.CC.CC. The van der Waals surface area contributed by atoms with Gasteiger partial charge in [-0.05, 0) is 36.0 Å². The van der Waals surface area contributed by atoms with Crippen LogP contribution in [0.15, 0.2) is 12.2 Å². The molecule has 0 spiro atoms. The van der Waals surface area contributed by atoms with E-state index in [2.05, 4.69) is 27.4 Å². The maximum absolute atomic E-state index is 4.24. The lowest BCUT2D eigenvalue weighted by Gasteiger charge is -2.34. The van der Waals surface area contributed by atoms with Crippen molar-refractivity contribution >= 4 is 0 Å². The fraction of sp³-hybridized carbons (Fsp3) is 0.889. The smallest absolute Gasteiger partial charge is 0.0116 e. The van der Waals surface area contributed by atoms with Crippen molar-refractivity contribution in [2.45, 2.75) is 82.6 Å². The number of hydrogen-bond acceptors (Lipinski definition) is 0. The topological polar surface area (TPSA) is 0 Å². The van der Waals surface area contributed by atoms with Crippen LogP contribution >= 0.6 is 0 Å². The number of fused-ring (bicyclic) bond motifs is 2. The maximum atomic E-state index is 4.24. The van der Waals surface area contributed by atoms with E-state index in [9.17, 15) is 0 Å². The molecule has 2 bridgehead atoms. The third-order valence-corrected chi connectivity index (χ3v) is 4.18. The fourth-order valence-electron chi connectivity index (χ4n) is 3.06. The van der Waals surface area contributed by atoms with E-state index in [1.54, 1.807) is 0 Å². The number of hydrogen-bond donors (Lipinski definition) is 0. The summed E-state index contributed by atoms with van der Waals surface area (Å²) in [5.41, 5.74) is 1.98. The van der Waals surface area contributed by atoms with Crippen molar-refractivity contribution in [1.82, 2.24) is 0 Å². The van der Waals surface area contributed by atoms with Crippen molar-refractivity contribution in [2.75, 3.05) is 0 Å². The minimum Gasteiger partial charge on any atom is -0.0990 e. The molecule has 0 heteroatoms. The number of allylic oxidation sites excluding steroid dienone is 1. The van der Waals surface area contributed by atoms with E-state index in [1.807, 2.05) is 41.5 Å². The van der Waals surface area contributed by atoms with Gasteiger partial charge in [0.1, 0.15) is 0 Å². The zero-order valence-electron chi connectivity index (χ0n) is 13.9. The lowest BCUT2D eigenvalue weighted by atomic mass is 9.70. The summed E-state index contributed by atoms with van der Waals surface area (Å²) in [6.45, 7) is 23.4. The largest absolute Gasteiger partial charge is 0.0990 e. The van der Waals surface area contributed by atoms with Crippen LogP contribution in [0.3, 0.4) is 0 Å². The second-order valence-corrected chi connectivity index (χ2v) is 5.00. The Bertz CT molecular complexity index is 200. The molecule has 0 aromatic carbocycles. The first-order valence-corrected chi connectivity index (χ1v) is 7.72. The average molecular weight is 257 g/mol. The van der Waals surface area contributed by atoms with Gasteiger partial charge in [-0.3, -0.25) is 0 Å². The summed E-state index contributed by atoms with van der Waals surface area (Å²) in [6, 6.07) is 0. The summed E-state index contributed by atoms with van der Waals surface area (Å²) < 4.78 is 0. The van der Waals surface area contributed by atoms with Crippen molar-refractivity contribution in [2.24, 2.45) is 23.2 Å². The van der Waals surface area contributed by atoms with Gasteiger partial charge in [-0.25, -0.2) is 0 Å². The minimum atomic E-state index is 0. The van der Waals surface area contributed by atoms with Crippen LogP contribution < -0.4 is 0 Å². The average Bonchev–Trinajstić information content (AvgIpc) is 2.86. The molecule has 0 aliphatic heterocycles. The van der Waals surface area contributed by atoms with E-state index in [0.717, 1.165) is 17.8 Å². The molecule has 2 aliphatic carbocycles. The summed E-state index contributed by atoms with van der Waals surface area (Å²) >= 11 is 0. The van der Waals surface area contributed by atoms with Gasteiger partial charge in [0.25, 0.3) is 0 Å². The van der Waals surface area contributed by atoms with Crippen molar-refractivity contribution in [1.29, 1.82) is 0 Å². The Kier molecular flexibility index (Phi) is 13.5. The predicted molar refractivity (Wildman–Crippen MR) is 89.1 cm³/mol. The van der Waals surface area contributed by atoms with Crippen molar-refractivity contribution in [3.8, 4) is 0 Å². The van der Waals surface area contributed by atoms with Crippen molar-refractivity contribution in [3.05, 3.63) is 12.2 Å². The monoisotopic (exact) mass is 256 g/mol. The minimum absolute atomic E-state index is 0. The molecule has 112 valence electrons. The van der Waals surface area contributed by atoms with E-state index in [4.69, 9.17) is 0 Å². The quantitative estimate of drug-likeness (QED) is 0.411. The van der Waals surface area contributed by atoms with Crippen LogP contribution in [0.5, 0.6) is 0 Å². The third-order valence-electron chi connectivity index (χ3n) is 4.18. The van der Waals surface area contributed by atoms with Crippen LogP contribution in [0.25, 0.3) is 0 Å². The first kappa shape index (κ1) is 22.9. The number of rotatable bonds is 0. The van der Waals surface area contributed by atoms with Gasteiger partial charge in [-0.15, -0.1) is 0 Å². The molecule has 0 aromatic rings. The van der Waals surface area contributed by atoms with Gasteiger partial charge in [0.15, 0.2) is 0 Å². The zero-order valence-corrected chi connectivity index (χ0v) is 13.9. The van der Waals surface area contributed by atoms with Crippen LogP contribution in [0, 0.1) is 23.2 Å². The van der Waals surface area contributed by atoms with Gasteiger partial charge in [0, 0.05) is 0 Å². The molecule has 2 rings (SSSR count). The molecular formula is C18H40. The molecule has 0 radical (unpaired) electrons. The van der Waals surface area contributed by atoms with Crippen molar-refractivity contribution in [3.63, 3.8) is 0 Å². The maximum Gasteiger partial charge on any atom is -0.0116 e. The second-order valence-electron chi connectivity index (χ2n) is 5.00. The molecule has 18 heavy (non-hydrogen) atoms. The molecule has 2 saturated carbocycles. The van der Waals surface area contributed by atoms with E-state index in [0.29, 0.717) is 5.41 Å². The fourth-order valence-corrected chi connectivity index (χ4v) is 3.06. The Morgan fingerprint density at radius 2 is 1.33 bits per heavy atom. The summed E-state index contributed by atoms with van der Waals surface area (Å²) in [5, 5.41) is 0. The van der Waals surface area contributed by atoms with Crippen LogP contribution in [-0.2, 0) is 0 Å². The zero-order chi connectivity index (χ0) is 14.2. The van der Waals surface area contributed by atoms with Crippen LogP contribution in [0.2, 0.25) is 0 Å². The van der Waals surface area contributed by atoms with Crippen LogP contribution in [-0.4, -0.2) is 0 Å². The van der Waals surface area contributed by atoms with E-state index >= 15 is 0 Å². The Morgan fingerprint density at radius 1 is 0.944 bits per heavy atom. The highest BCUT2D eigenvalue weighted by Gasteiger charge is 2.50. The summed E-state index contributed by atoms with van der Waals surface area (Å²) in [4.78, 5) is 0. The molecule has 0 heterocycles. The molecule has 0 saturated heterocycles. The summed E-state index contributed by atoms with van der Waals surface area (Å²) in [6.07, 6.45) is 2.86. The molecule has 2 aliphatic rings. The molecular weight excluding hydrogens is 216 g/mol. The highest BCUT2D eigenvalue weighted by molar-refractivity contribution is 5.24. The molecule has 3 atom stereocenters. The Balaban J connectivity index is -0.000000285. The normalized spacial score (nSPS) is 29.6. The molecule has 0 nitrogen and oxygen atoms in total. The third kappa shape index (κ3) is 4.44. The molecule has 2 fully saturated rings. The summed E-state index contributed by atoms with van der Waals surface area (Å²) in [7, 11) is 0. The molecule has 0 N–H and O–H groups in total. The Morgan fingerprint density at radius 3 is 1.56 bits per heavy atom. The standard InChI is InChI=1S/C11H18.3C2H6.CH4/c1-7-5-9-6-10(7)8(2)11(9,3)4;3*1-2;/h7,9-10H,2,5-6H2,1,3-4H3;3*1-2H3;1H4. The Labute approximate surface area is 118 Å². The van der Waals surface area contributed by atoms with Gasteiger partial charge in [-0.2, -0.15) is 0 Å². The molecule has 0 amide bonds. The Hall–Kier alpha value is -0.260. The van der Waals surface area contributed by atoms with E-state index in [1.165, 1.54) is 18.4 Å². The van der Waals surface area contributed by atoms with E-state index < -0.39 is 0 Å². The van der Waals surface area contributed by atoms with Gasteiger partial charge >= 0.3 is 0 Å². The highest BCUT2D eigenvalue weighted by Crippen LogP contribution is 2.60. The van der Waals surface area contributed by atoms with Gasteiger partial charge in [-0.1, -0.05) is 81.9 Å². The lowest BCUT2D eigenvalue weighted by molar-refractivity contribution is 0.255. The van der Waals surface area contributed by atoms with Gasteiger partial charge in [0.05, 0.1) is 0 Å².